The first-order valence-electron chi connectivity index (χ1n) is 6.05. The van der Waals surface area contributed by atoms with E-state index in [9.17, 15) is 9.59 Å². The first kappa shape index (κ1) is 14.8. The quantitative estimate of drug-likeness (QED) is 0.727. The number of nitrogens with one attached hydrogen (secondary N) is 2. The van der Waals surface area contributed by atoms with E-state index in [4.69, 9.17) is 9.47 Å². The zero-order chi connectivity index (χ0) is 13.8. The summed E-state index contributed by atoms with van der Waals surface area (Å²) in [7, 11) is 1.36. The van der Waals surface area contributed by atoms with Gasteiger partial charge in [0.1, 0.15) is 5.60 Å². The van der Waals surface area contributed by atoms with Gasteiger partial charge in [-0.2, -0.15) is 0 Å². The Kier molecular flexibility index (Phi) is 4.56. The third-order valence-electron chi connectivity index (χ3n) is 2.83. The minimum atomic E-state index is -0.675. The van der Waals surface area contributed by atoms with Crippen LogP contribution in [0.4, 0.5) is 4.79 Å². The van der Waals surface area contributed by atoms with Gasteiger partial charge in [-0.1, -0.05) is 0 Å². The smallest absolute Gasteiger partial charge is 0.407 e. The second-order valence-electron chi connectivity index (χ2n) is 5.55. The highest BCUT2D eigenvalue weighted by atomic mass is 16.6. The fraction of sp³-hybridized carbons (Fsp3) is 0.833. The van der Waals surface area contributed by atoms with Crippen molar-refractivity contribution in [3.8, 4) is 0 Å². The lowest BCUT2D eigenvalue weighted by Gasteiger charge is -2.26. The molecule has 18 heavy (non-hydrogen) atoms. The SMILES string of the molecule is COC(=O)C1(CNC(=O)OC(C)(C)C)CCNC1. The number of carbonyl (C=O) groups is 2. The van der Waals surface area contributed by atoms with Gasteiger partial charge in [-0.3, -0.25) is 4.79 Å². The molecular formula is C12H22N2O4. The summed E-state index contributed by atoms with van der Waals surface area (Å²) in [6.07, 6.45) is 0.132. The normalized spacial score (nSPS) is 23.6. The average molecular weight is 258 g/mol. The Morgan fingerprint density at radius 3 is 2.50 bits per heavy atom. The second kappa shape index (κ2) is 5.56. The van der Waals surface area contributed by atoms with E-state index in [0.29, 0.717) is 13.0 Å². The predicted octanol–water partition coefficient (Wildman–Crippen LogP) is 0.664. The second-order valence-corrected chi connectivity index (χ2v) is 5.55. The number of hydrogen-bond acceptors (Lipinski definition) is 5. The summed E-state index contributed by atoms with van der Waals surface area (Å²) in [5.41, 5.74) is -1.22. The molecule has 2 N–H and O–H groups in total. The molecule has 6 heteroatoms. The number of methoxy groups -OCH3 is 1. The van der Waals surface area contributed by atoms with Crippen molar-refractivity contribution in [3.63, 3.8) is 0 Å². The van der Waals surface area contributed by atoms with E-state index in [2.05, 4.69) is 10.6 Å². The first-order chi connectivity index (χ1) is 8.29. The molecule has 1 rings (SSSR count). The van der Waals surface area contributed by atoms with Crippen LogP contribution in [0.3, 0.4) is 0 Å². The molecule has 0 aliphatic carbocycles. The standard InChI is InChI=1S/C12H22N2O4/c1-11(2,3)18-10(16)14-8-12(9(15)17-4)5-6-13-7-12/h13H,5-8H2,1-4H3,(H,14,16). The number of carbonyl (C=O) groups excluding carboxylic acids is 2. The lowest BCUT2D eigenvalue weighted by Crippen LogP contribution is -2.46. The van der Waals surface area contributed by atoms with Crippen molar-refractivity contribution < 1.29 is 19.1 Å². The molecule has 1 heterocycles. The zero-order valence-electron chi connectivity index (χ0n) is 11.5. The minimum Gasteiger partial charge on any atom is -0.469 e. The van der Waals surface area contributed by atoms with Crippen LogP contribution in [-0.2, 0) is 14.3 Å². The Bertz CT molecular complexity index is 317. The van der Waals surface area contributed by atoms with Crippen molar-refractivity contribution in [1.82, 2.24) is 10.6 Å². The summed E-state index contributed by atoms with van der Waals surface area (Å²) in [5.74, 6) is -0.302. The topological polar surface area (TPSA) is 76.7 Å². The summed E-state index contributed by atoms with van der Waals surface area (Å²) in [6.45, 7) is 6.85. The predicted molar refractivity (Wildman–Crippen MR) is 66.2 cm³/mol. The fourth-order valence-electron chi connectivity index (χ4n) is 1.91. The van der Waals surface area contributed by atoms with E-state index in [1.807, 2.05) is 0 Å². The van der Waals surface area contributed by atoms with E-state index < -0.39 is 17.1 Å². The van der Waals surface area contributed by atoms with Crippen LogP contribution in [0.1, 0.15) is 27.2 Å². The number of amides is 1. The van der Waals surface area contributed by atoms with Crippen LogP contribution in [-0.4, -0.2) is 44.4 Å². The maximum atomic E-state index is 11.8. The van der Waals surface area contributed by atoms with Crippen LogP contribution in [0.5, 0.6) is 0 Å². The summed E-state index contributed by atoms with van der Waals surface area (Å²) in [6, 6.07) is 0. The first-order valence-corrected chi connectivity index (χ1v) is 6.05. The van der Waals surface area contributed by atoms with Crippen molar-refractivity contribution in [2.45, 2.75) is 32.8 Å². The Balaban J connectivity index is 2.54. The van der Waals surface area contributed by atoms with Gasteiger partial charge in [0, 0.05) is 13.1 Å². The summed E-state index contributed by atoms with van der Waals surface area (Å²) in [4.78, 5) is 23.3. The molecule has 1 saturated heterocycles. The molecule has 1 atom stereocenters. The maximum Gasteiger partial charge on any atom is 0.407 e. The van der Waals surface area contributed by atoms with Gasteiger partial charge in [-0.15, -0.1) is 0 Å². The average Bonchev–Trinajstić information content (AvgIpc) is 2.73. The Morgan fingerprint density at radius 1 is 1.39 bits per heavy atom. The van der Waals surface area contributed by atoms with Gasteiger partial charge in [-0.05, 0) is 33.7 Å². The van der Waals surface area contributed by atoms with Gasteiger partial charge in [0.2, 0.25) is 0 Å². The molecule has 0 aromatic rings. The number of hydrogen-bond donors (Lipinski definition) is 2. The summed E-state index contributed by atoms with van der Waals surface area (Å²) >= 11 is 0. The molecular weight excluding hydrogens is 236 g/mol. The van der Waals surface area contributed by atoms with Gasteiger partial charge < -0.3 is 20.1 Å². The minimum absolute atomic E-state index is 0.224. The zero-order valence-corrected chi connectivity index (χ0v) is 11.5. The molecule has 6 nitrogen and oxygen atoms in total. The summed E-state index contributed by atoms with van der Waals surface area (Å²) in [5, 5.41) is 5.74. The highest BCUT2D eigenvalue weighted by Crippen LogP contribution is 2.26. The monoisotopic (exact) mass is 258 g/mol. The molecule has 0 spiro atoms. The summed E-state index contributed by atoms with van der Waals surface area (Å²) < 4.78 is 9.93. The number of esters is 1. The molecule has 1 fully saturated rings. The molecule has 104 valence electrons. The van der Waals surface area contributed by atoms with Crippen molar-refractivity contribution in [2.75, 3.05) is 26.7 Å². The Labute approximate surface area is 107 Å². The van der Waals surface area contributed by atoms with Crippen molar-refractivity contribution in [3.05, 3.63) is 0 Å². The van der Waals surface area contributed by atoms with Crippen LogP contribution < -0.4 is 10.6 Å². The Morgan fingerprint density at radius 2 is 2.06 bits per heavy atom. The van der Waals surface area contributed by atoms with Crippen molar-refractivity contribution in [1.29, 1.82) is 0 Å². The van der Waals surface area contributed by atoms with E-state index in [0.717, 1.165) is 6.54 Å². The highest BCUT2D eigenvalue weighted by Gasteiger charge is 2.42. The maximum absolute atomic E-state index is 11.8. The molecule has 0 saturated carbocycles. The third kappa shape index (κ3) is 3.87. The van der Waals surface area contributed by atoms with Gasteiger partial charge in [0.15, 0.2) is 0 Å². The van der Waals surface area contributed by atoms with E-state index in [1.165, 1.54) is 7.11 Å². The van der Waals surface area contributed by atoms with Gasteiger partial charge >= 0.3 is 12.1 Å². The van der Waals surface area contributed by atoms with Crippen LogP contribution in [0, 0.1) is 5.41 Å². The molecule has 1 amide bonds. The van der Waals surface area contributed by atoms with E-state index in [1.54, 1.807) is 20.8 Å². The van der Waals surface area contributed by atoms with Crippen molar-refractivity contribution in [2.24, 2.45) is 5.41 Å². The van der Waals surface area contributed by atoms with Gasteiger partial charge in [0.05, 0.1) is 12.5 Å². The number of rotatable bonds is 3. The number of alkyl carbamates (subject to hydrolysis) is 1. The lowest BCUT2D eigenvalue weighted by molar-refractivity contribution is -0.151. The van der Waals surface area contributed by atoms with Crippen molar-refractivity contribution >= 4 is 12.1 Å². The van der Waals surface area contributed by atoms with E-state index >= 15 is 0 Å². The largest absolute Gasteiger partial charge is 0.469 e. The Hall–Kier alpha value is -1.30. The third-order valence-corrected chi connectivity index (χ3v) is 2.83. The van der Waals surface area contributed by atoms with Gasteiger partial charge in [-0.25, -0.2) is 4.79 Å². The lowest BCUT2D eigenvalue weighted by atomic mass is 9.87. The van der Waals surface area contributed by atoms with Crippen LogP contribution >= 0.6 is 0 Å². The molecule has 1 aliphatic rings. The highest BCUT2D eigenvalue weighted by molar-refractivity contribution is 5.79. The van der Waals surface area contributed by atoms with Crippen LogP contribution in [0.15, 0.2) is 0 Å². The molecule has 1 unspecified atom stereocenters. The molecule has 0 bridgehead atoms. The number of ether oxygens (including phenoxy) is 2. The fourth-order valence-corrected chi connectivity index (χ4v) is 1.91. The van der Waals surface area contributed by atoms with Crippen LogP contribution in [0.25, 0.3) is 0 Å². The molecule has 0 aromatic heterocycles. The van der Waals surface area contributed by atoms with E-state index in [-0.39, 0.29) is 12.5 Å². The molecule has 0 aromatic carbocycles. The molecule has 1 aliphatic heterocycles. The van der Waals surface area contributed by atoms with Gasteiger partial charge in [0.25, 0.3) is 0 Å². The van der Waals surface area contributed by atoms with Crippen LogP contribution in [0.2, 0.25) is 0 Å². The molecule has 0 radical (unpaired) electrons.